The van der Waals surface area contributed by atoms with Crippen molar-refractivity contribution in [2.24, 2.45) is 0 Å². The molecule has 0 N–H and O–H groups in total. The molecular formula is C10H26O4Si3. The monoisotopic (exact) mass is 294 g/mol. The summed E-state index contributed by atoms with van der Waals surface area (Å²) in [7, 11) is -3.39. The number of rotatable bonds is 6. The summed E-state index contributed by atoms with van der Waals surface area (Å²) in [5.41, 5.74) is 0.152. The van der Waals surface area contributed by atoms with Crippen LogP contribution >= 0.6 is 0 Å². The Morgan fingerprint density at radius 2 is 1.59 bits per heavy atom. The molecule has 0 aromatic heterocycles. The highest BCUT2D eigenvalue weighted by molar-refractivity contribution is 6.84. The van der Waals surface area contributed by atoms with E-state index in [1.54, 1.807) is 7.11 Å². The second-order valence-corrected chi connectivity index (χ2v) is 13.6. The lowest BCUT2D eigenvalue weighted by Gasteiger charge is -2.45. The van der Waals surface area contributed by atoms with Crippen molar-refractivity contribution in [2.75, 3.05) is 7.11 Å². The van der Waals surface area contributed by atoms with E-state index in [0.717, 1.165) is 24.6 Å². The third-order valence-corrected chi connectivity index (χ3v) is 14.9. The second kappa shape index (κ2) is 7.17. The SMILES string of the molecule is CCC(OC)[Si]1(CC)O[SiH](CC)O[SiH](CC)O1. The molecule has 0 amide bonds. The van der Waals surface area contributed by atoms with Crippen molar-refractivity contribution in [3.63, 3.8) is 0 Å². The van der Waals surface area contributed by atoms with Crippen LogP contribution in [0.1, 0.15) is 34.1 Å². The van der Waals surface area contributed by atoms with Gasteiger partial charge in [-0.05, 0) is 24.6 Å². The number of ether oxygens (including phenoxy) is 1. The molecule has 102 valence electrons. The first-order valence-corrected chi connectivity index (χ1v) is 12.3. The lowest BCUT2D eigenvalue weighted by atomic mass is 10.5. The predicted molar refractivity (Wildman–Crippen MR) is 75.8 cm³/mol. The van der Waals surface area contributed by atoms with E-state index >= 15 is 0 Å². The van der Waals surface area contributed by atoms with Gasteiger partial charge in [-0.15, -0.1) is 0 Å². The number of hydrogen-bond donors (Lipinski definition) is 0. The summed E-state index contributed by atoms with van der Waals surface area (Å²) in [4.78, 5) is 0. The zero-order valence-electron chi connectivity index (χ0n) is 11.7. The molecule has 17 heavy (non-hydrogen) atoms. The van der Waals surface area contributed by atoms with Gasteiger partial charge in [0.25, 0.3) is 0 Å². The zero-order valence-corrected chi connectivity index (χ0v) is 15.0. The van der Waals surface area contributed by atoms with Crippen molar-refractivity contribution in [2.45, 2.75) is 58.0 Å². The molecule has 7 heteroatoms. The fraction of sp³-hybridized carbons (Fsp3) is 1.00. The van der Waals surface area contributed by atoms with Gasteiger partial charge in [-0.25, -0.2) is 0 Å². The van der Waals surface area contributed by atoms with Gasteiger partial charge >= 0.3 is 27.1 Å². The fourth-order valence-corrected chi connectivity index (χ4v) is 16.2. The third-order valence-electron chi connectivity index (χ3n) is 3.27. The summed E-state index contributed by atoms with van der Waals surface area (Å²) < 4.78 is 24.2. The standard InChI is InChI=1S/C10H26O4Si3/c1-6-10(11-5)17(9-4)13-15(7-2)12-16(8-3)14-17/h10,15-16H,6-9H2,1-5H3. The molecule has 1 heterocycles. The molecule has 3 unspecified atom stereocenters. The molecule has 0 saturated carbocycles. The maximum Gasteiger partial charge on any atom is 0.349 e. The second-order valence-electron chi connectivity index (χ2n) is 4.35. The van der Waals surface area contributed by atoms with E-state index < -0.39 is 27.1 Å². The number of hydrogen-bond acceptors (Lipinski definition) is 4. The molecule has 0 radical (unpaired) electrons. The predicted octanol–water partition coefficient (Wildman–Crippen LogP) is 1.96. The number of methoxy groups -OCH3 is 1. The summed E-state index contributed by atoms with van der Waals surface area (Å²) in [5, 5.41) is 0. The van der Waals surface area contributed by atoms with Crippen LogP contribution in [-0.2, 0) is 17.1 Å². The normalized spacial score (nSPS) is 35.8. The minimum atomic E-state index is -2.18. The highest BCUT2D eigenvalue weighted by Gasteiger charge is 2.51. The average Bonchev–Trinajstić information content (AvgIpc) is 2.39. The van der Waals surface area contributed by atoms with Crippen LogP contribution in [0.5, 0.6) is 0 Å². The van der Waals surface area contributed by atoms with Crippen molar-refractivity contribution >= 4 is 27.1 Å². The molecule has 1 aliphatic rings. The van der Waals surface area contributed by atoms with Crippen LogP contribution in [-0.4, -0.2) is 40.0 Å². The summed E-state index contributed by atoms with van der Waals surface area (Å²) >= 11 is 0. The molecule has 1 aliphatic heterocycles. The van der Waals surface area contributed by atoms with Crippen molar-refractivity contribution in [3.05, 3.63) is 0 Å². The maximum absolute atomic E-state index is 6.29. The van der Waals surface area contributed by atoms with Crippen LogP contribution in [0.3, 0.4) is 0 Å². The molecule has 0 aliphatic carbocycles. The fourth-order valence-electron chi connectivity index (χ4n) is 2.26. The van der Waals surface area contributed by atoms with Crippen LogP contribution < -0.4 is 0 Å². The van der Waals surface area contributed by atoms with Crippen molar-refractivity contribution in [1.29, 1.82) is 0 Å². The lowest BCUT2D eigenvalue weighted by molar-refractivity contribution is 0.106. The van der Waals surface area contributed by atoms with Crippen molar-refractivity contribution < 1.29 is 17.1 Å². The van der Waals surface area contributed by atoms with Gasteiger partial charge in [0.2, 0.25) is 0 Å². The van der Waals surface area contributed by atoms with Crippen molar-refractivity contribution in [1.82, 2.24) is 0 Å². The van der Waals surface area contributed by atoms with Crippen molar-refractivity contribution in [3.8, 4) is 0 Å². The summed E-state index contributed by atoms with van der Waals surface area (Å²) in [6.45, 7) is 8.63. The lowest BCUT2D eigenvalue weighted by Crippen LogP contribution is -2.64. The van der Waals surface area contributed by atoms with Crippen LogP contribution in [0.15, 0.2) is 0 Å². The minimum Gasteiger partial charge on any atom is -0.420 e. The summed E-state index contributed by atoms with van der Waals surface area (Å²) in [6, 6.07) is 3.03. The molecule has 1 rings (SSSR count). The van der Waals surface area contributed by atoms with E-state index in [0.29, 0.717) is 0 Å². The van der Waals surface area contributed by atoms with Gasteiger partial charge in [-0.1, -0.05) is 27.7 Å². The minimum absolute atomic E-state index is 0.152. The van der Waals surface area contributed by atoms with E-state index in [1.165, 1.54) is 0 Å². The molecule has 0 spiro atoms. The first-order chi connectivity index (χ1) is 8.15. The van der Waals surface area contributed by atoms with E-state index in [1.807, 2.05) is 0 Å². The van der Waals surface area contributed by atoms with Crippen LogP contribution in [0.2, 0.25) is 18.1 Å². The van der Waals surface area contributed by atoms with Gasteiger partial charge in [0, 0.05) is 7.11 Å². The van der Waals surface area contributed by atoms with Crippen LogP contribution in [0.25, 0.3) is 0 Å². The van der Waals surface area contributed by atoms with Gasteiger partial charge in [0.1, 0.15) is 0 Å². The average molecular weight is 295 g/mol. The maximum atomic E-state index is 6.29. The Kier molecular flexibility index (Phi) is 6.56. The quantitative estimate of drug-likeness (QED) is 0.702. The molecular weight excluding hydrogens is 268 g/mol. The third kappa shape index (κ3) is 3.49. The van der Waals surface area contributed by atoms with E-state index in [-0.39, 0.29) is 5.73 Å². The highest BCUT2D eigenvalue weighted by atomic mass is 28.5. The summed E-state index contributed by atoms with van der Waals surface area (Å²) in [5.74, 6) is 0. The van der Waals surface area contributed by atoms with Gasteiger partial charge in [0.05, 0.1) is 5.73 Å². The zero-order chi connectivity index (χ0) is 12.9. The molecule has 1 fully saturated rings. The van der Waals surface area contributed by atoms with E-state index in [2.05, 4.69) is 27.7 Å². The molecule has 0 aromatic rings. The molecule has 3 atom stereocenters. The van der Waals surface area contributed by atoms with Gasteiger partial charge < -0.3 is 17.1 Å². The molecule has 1 saturated heterocycles. The van der Waals surface area contributed by atoms with Gasteiger partial charge in [-0.2, -0.15) is 0 Å². The Labute approximate surface area is 110 Å². The smallest absolute Gasteiger partial charge is 0.349 e. The molecule has 4 nitrogen and oxygen atoms in total. The first kappa shape index (κ1) is 15.5. The Bertz CT molecular complexity index is 214. The molecule has 0 bridgehead atoms. The Balaban J connectivity index is 2.87. The Morgan fingerprint density at radius 3 is 1.88 bits per heavy atom. The first-order valence-electron chi connectivity index (χ1n) is 6.69. The topological polar surface area (TPSA) is 36.9 Å². The Hall–Kier alpha value is 0.491. The van der Waals surface area contributed by atoms with Crippen LogP contribution in [0, 0.1) is 0 Å². The van der Waals surface area contributed by atoms with Gasteiger partial charge in [0.15, 0.2) is 0 Å². The van der Waals surface area contributed by atoms with E-state index in [9.17, 15) is 0 Å². The Morgan fingerprint density at radius 1 is 1.06 bits per heavy atom. The van der Waals surface area contributed by atoms with Crippen LogP contribution in [0.4, 0.5) is 0 Å². The highest BCUT2D eigenvalue weighted by Crippen LogP contribution is 2.30. The van der Waals surface area contributed by atoms with Gasteiger partial charge in [-0.3, -0.25) is 0 Å². The molecule has 0 aromatic carbocycles. The largest absolute Gasteiger partial charge is 0.420 e. The summed E-state index contributed by atoms with van der Waals surface area (Å²) in [6.07, 6.45) is 0.965. The van der Waals surface area contributed by atoms with E-state index in [4.69, 9.17) is 17.1 Å².